The number of fused-ring (bicyclic) bond motifs is 1. The average molecular weight is 452 g/mol. The molecule has 0 radical (unpaired) electrons. The van der Waals surface area contributed by atoms with Gasteiger partial charge in [-0.1, -0.05) is 29.5 Å². The zero-order chi connectivity index (χ0) is 22.7. The maximum absolute atomic E-state index is 12.6. The molecule has 2 aromatic heterocycles. The van der Waals surface area contributed by atoms with E-state index in [0.717, 1.165) is 32.4 Å². The van der Waals surface area contributed by atoms with Crippen molar-refractivity contribution in [3.05, 3.63) is 59.8 Å². The van der Waals surface area contributed by atoms with Gasteiger partial charge in [-0.15, -0.1) is 0 Å². The van der Waals surface area contributed by atoms with Crippen LogP contribution < -0.4 is 19.7 Å². The number of nitrogens with one attached hydrogen (secondary N) is 1. The molecule has 0 saturated carbocycles. The lowest BCUT2D eigenvalue weighted by atomic mass is 10.2. The maximum atomic E-state index is 12.6. The summed E-state index contributed by atoms with van der Waals surface area (Å²) in [6.07, 6.45) is 0. The smallest absolute Gasteiger partial charge is 0.239 e. The maximum Gasteiger partial charge on any atom is 0.239 e. The Morgan fingerprint density at radius 2 is 1.81 bits per heavy atom. The molecular formula is C23H25N5O3S. The molecule has 0 atom stereocenters. The molecule has 1 N–H and O–H groups in total. The summed E-state index contributed by atoms with van der Waals surface area (Å²) >= 11 is 1.53. The summed E-state index contributed by atoms with van der Waals surface area (Å²) in [5, 5.41) is 8.33. The number of hydrogen-bond donors (Lipinski definition) is 1. The standard InChI is InChI=1S/C23H25N5O3S/c1-15-21-22(28(26-15)17-8-6-5-7-9-17)25-23(32-21)27(2)14-20(29)24-13-16-10-18(30-3)12-19(11-16)31-4/h5-12H,13-14H2,1-4H3,(H,24,29). The lowest BCUT2D eigenvalue weighted by Crippen LogP contribution is -2.34. The number of nitrogens with zero attached hydrogens (tertiary/aromatic N) is 4. The van der Waals surface area contributed by atoms with E-state index in [-0.39, 0.29) is 12.5 Å². The van der Waals surface area contributed by atoms with Crippen molar-refractivity contribution in [1.29, 1.82) is 0 Å². The lowest BCUT2D eigenvalue weighted by Gasteiger charge is -2.15. The van der Waals surface area contributed by atoms with Gasteiger partial charge in [0.2, 0.25) is 5.91 Å². The molecule has 4 rings (SSSR count). The highest BCUT2D eigenvalue weighted by atomic mass is 32.1. The van der Waals surface area contributed by atoms with Crippen LogP contribution in [0.1, 0.15) is 11.3 Å². The summed E-state index contributed by atoms with van der Waals surface area (Å²) in [6, 6.07) is 15.4. The van der Waals surface area contributed by atoms with Crippen LogP contribution >= 0.6 is 11.3 Å². The van der Waals surface area contributed by atoms with Gasteiger partial charge in [-0.3, -0.25) is 4.79 Å². The predicted molar refractivity (Wildman–Crippen MR) is 126 cm³/mol. The molecule has 2 heterocycles. The third-order valence-electron chi connectivity index (χ3n) is 4.99. The first-order valence-electron chi connectivity index (χ1n) is 10.1. The van der Waals surface area contributed by atoms with Crippen molar-refractivity contribution >= 4 is 32.7 Å². The van der Waals surface area contributed by atoms with Gasteiger partial charge in [-0.05, 0) is 36.8 Å². The molecule has 0 unspecified atom stereocenters. The fourth-order valence-electron chi connectivity index (χ4n) is 3.34. The van der Waals surface area contributed by atoms with Crippen LogP contribution in [0.15, 0.2) is 48.5 Å². The number of likely N-dealkylation sites (N-methyl/N-ethyl adjacent to an activating group) is 1. The number of hydrogen-bond acceptors (Lipinski definition) is 7. The summed E-state index contributed by atoms with van der Waals surface area (Å²) in [4.78, 5) is 19.2. The quantitative estimate of drug-likeness (QED) is 0.441. The molecule has 0 saturated heterocycles. The molecule has 0 fully saturated rings. The number of rotatable bonds is 8. The van der Waals surface area contributed by atoms with Crippen molar-refractivity contribution < 1.29 is 14.3 Å². The molecule has 2 aromatic carbocycles. The Bertz CT molecular complexity index is 1210. The van der Waals surface area contributed by atoms with Gasteiger partial charge in [0.15, 0.2) is 10.8 Å². The highest BCUT2D eigenvalue weighted by Crippen LogP contribution is 2.32. The minimum atomic E-state index is -0.102. The molecule has 0 aliphatic carbocycles. The number of carbonyl (C=O) groups is 1. The first-order chi connectivity index (χ1) is 15.5. The summed E-state index contributed by atoms with van der Waals surface area (Å²) in [6.45, 7) is 2.54. The number of thiazole rings is 1. The average Bonchev–Trinajstić information content (AvgIpc) is 3.38. The Labute approximate surface area is 190 Å². The van der Waals surface area contributed by atoms with E-state index in [1.807, 2.05) is 66.0 Å². The topological polar surface area (TPSA) is 81.5 Å². The first-order valence-corrected chi connectivity index (χ1v) is 10.9. The molecule has 0 spiro atoms. The molecule has 166 valence electrons. The zero-order valence-electron chi connectivity index (χ0n) is 18.5. The molecule has 9 heteroatoms. The van der Waals surface area contributed by atoms with Gasteiger partial charge < -0.3 is 19.7 Å². The van der Waals surface area contributed by atoms with E-state index in [1.54, 1.807) is 20.3 Å². The molecule has 0 bridgehead atoms. The number of carbonyl (C=O) groups excluding carboxylic acids is 1. The van der Waals surface area contributed by atoms with Crippen molar-refractivity contribution in [3.8, 4) is 17.2 Å². The molecule has 8 nitrogen and oxygen atoms in total. The summed E-state index contributed by atoms with van der Waals surface area (Å²) in [7, 11) is 5.06. The number of methoxy groups -OCH3 is 2. The first kappa shape index (κ1) is 21.6. The Kier molecular flexibility index (Phi) is 6.27. The van der Waals surface area contributed by atoms with Gasteiger partial charge in [0.05, 0.1) is 36.8 Å². The van der Waals surface area contributed by atoms with Gasteiger partial charge >= 0.3 is 0 Å². The van der Waals surface area contributed by atoms with Gasteiger partial charge in [0.25, 0.3) is 0 Å². The highest BCUT2D eigenvalue weighted by molar-refractivity contribution is 7.22. The second-order valence-electron chi connectivity index (χ2n) is 7.34. The van der Waals surface area contributed by atoms with E-state index >= 15 is 0 Å². The summed E-state index contributed by atoms with van der Waals surface area (Å²) < 4.78 is 13.4. The molecule has 32 heavy (non-hydrogen) atoms. The largest absolute Gasteiger partial charge is 0.497 e. The van der Waals surface area contributed by atoms with Crippen molar-refractivity contribution in [1.82, 2.24) is 20.1 Å². The van der Waals surface area contributed by atoms with Crippen molar-refractivity contribution in [3.63, 3.8) is 0 Å². The Balaban J connectivity index is 1.45. The summed E-state index contributed by atoms with van der Waals surface area (Å²) in [5.41, 5.74) is 3.56. The van der Waals surface area contributed by atoms with E-state index in [0.29, 0.717) is 18.0 Å². The highest BCUT2D eigenvalue weighted by Gasteiger charge is 2.18. The van der Waals surface area contributed by atoms with Crippen LogP contribution in [-0.4, -0.2) is 48.5 Å². The molecule has 1 amide bonds. The second kappa shape index (κ2) is 9.27. The van der Waals surface area contributed by atoms with Crippen LogP contribution in [0.2, 0.25) is 0 Å². The van der Waals surface area contributed by atoms with E-state index in [2.05, 4.69) is 10.4 Å². The third kappa shape index (κ3) is 4.52. The van der Waals surface area contributed by atoms with E-state index < -0.39 is 0 Å². The van der Waals surface area contributed by atoms with Crippen LogP contribution in [0, 0.1) is 6.92 Å². The Hall–Kier alpha value is -3.59. The van der Waals surface area contributed by atoms with E-state index in [1.165, 1.54) is 11.3 Å². The number of amides is 1. The fraction of sp³-hybridized carbons (Fsp3) is 0.261. The van der Waals surface area contributed by atoms with Gasteiger partial charge in [-0.25, -0.2) is 4.68 Å². The van der Waals surface area contributed by atoms with Crippen LogP contribution in [0.3, 0.4) is 0 Å². The normalized spacial score (nSPS) is 10.9. The third-order valence-corrected chi connectivity index (χ3v) is 6.25. The minimum Gasteiger partial charge on any atom is -0.497 e. The molecular weight excluding hydrogens is 426 g/mol. The number of ether oxygens (including phenoxy) is 2. The Morgan fingerprint density at radius 1 is 1.12 bits per heavy atom. The van der Waals surface area contributed by atoms with Crippen LogP contribution in [0.4, 0.5) is 5.13 Å². The number of benzene rings is 2. The lowest BCUT2D eigenvalue weighted by molar-refractivity contribution is -0.119. The van der Waals surface area contributed by atoms with Crippen molar-refractivity contribution in [2.45, 2.75) is 13.5 Å². The number of para-hydroxylation sites is 1. The number of aryl methyl sites for hydroxylation is 1. The molecule has 4 aromatic rings. The van der Waals surface area contributed by atoms with E-state index in [4.69, 9.17) is 14.5 Å². The van der Waals surface area contributed by atoms with Crippen molar-refractivity contribution in [2.75, 3.05) is 32.7 Å². The van der Waals surface area contributed by atoms with Crippen LogP contribution in [0.25, 0.3) is 16.0 Å². The van der Waals surface area contributed by atoms with Crippen LogP contribution in [-0.2, 0) is 11.3 Å². The second-order valence-corrected chi connectivity index (χ2v) is 8.31. The van der Waals surface area contributed by atoms with Crippen LogP contribution in [0.5, 0.6) is 11.5 Å². The van der Waals surface area contributed by atoms with Gasteiger partial charge in [0.1, 0.15) is 11.5 Å². The van der Waals surface area contributed by atoms with E-state index in [9.17, 15) is 4.79 Å². The Morgan fingerprint density at radius 3 is 2.47 bits per heavy atom. The monoisotopic (exact) mass is 451 g/mol. The van der Waals surface area contributed by atoms with Gasteiger partial charge in [0, 0.05) is 19.7 Å². The number of anilines is 1. The zero-order valence-corrected chi connectivity index (χ0v) is 19.3. The number of aromatic nitrogens is 3. The fourth-order valence-corrected chi connectivity index (χ4v) is 4.29. The molecule has 0 aliphatic rings. The summed E-state index contributed by atoms with van der Waals surface area (Å²) in [5.74, 6) is 1.26. The SMILES string of the molecule is COc1cc(CNC(=O)CN(C)c2nc3c(s2)c(C)nn3-c2ccccc2)cc(OC)c1. The van der Waals surface area contributed by atoms with Crippen molar-refractivity contribution in [2.24, 2.45) is 0 Å². The van der Waals surface area contributed by atoms with Gasteiger partial charge in [-0.2, -0.15) is 10.1 Å². The molecule has 0 aliphatic heterocycles. The predicted octanol–water partition coefficient (Wildman–Crippen LogP) is 3.56. The minimum absolute atomic E-state index is 0.102.